The molecule has 1 N–H and O–H groups in total. The van der Waals surface area contributed by atoms with Crippen LogP contribution >= 0.6 is 0 Å². The summed E-state index contributed by atoms with van der Waals surface area (Å²) < 4.78 is 10.1. The van der Waals surface area contributed by atoms with Crippen LogP contribution in [0.3, 0.4) is 0 Å². The molecule has 1 unspecified atom stereocenters. The van der Waals surface area contributed by atoms with E-state index in [1.165, 1.54) is 12.3 Å². The largest absolute Gasteiger partial charge is 0.523 e. The maximum atomic E-state index is 14.3. The van der Waals surface area contributed by atoms with Crippen molar-refractivity contribution in [3.05, 3.63) is 59.8 Å². The maximum Gasteiger partial charge on any atom is 0.523 e. The molecule has 1 aliphatic heterocycles. The summed E-state index contributed by atoms with van der Waals surface area (Å²) in [5.74, 6) is -1.05. The van der Waals surface area contributed by atoms with Crippen molar-refractivity contribution in [2.75, 3.05) is 0 Å². The molecule has 9 nitrogen and oxygen atoms in total. The molecular weight excluding hydrogens is 500 g/mol. The fourth-order valence-corrected chi connectivity index (χ4v) is 4.39. The molecule has 2 aromatic rings. The summed E-state index contributed by atoms with van der Waals surface area (Å²) in [6, 6.07) is 12.5. The van der Waals surface area contributed by atoms with E-state index in [9.17, 15) is 24.3 Å². The molecule has 0 spiro atoms. The quantitative estimate of drug-likeness (QED) is 0.397. The Bertz CT molecular complexity index is 1310. The monoisotopic (exact) mass is 537 g/mol. The summed E-state index contributed by atoms with van der Waals surface area (Å²) in [7, 11) is 0. The van der Waals surface area contributed by atoms with Crippen molar-refractivity contribution in [1.29, 1.82) is 0 Å². The van der Waals surface area contributed by atoms with Gasteiger partial charge < -0.3 is 14.6 Å². The Morgan fingerprint density at radius 3 is 1.72 bits per heavy atom. The second-order valence-electron chi connectivity index (χ2n) is 12.4. The van der Waals surface area contributed by atoms with Crippen molar-refractivity contribution in [3.63, 3.8) is 0 Å². The van der Waals surface area contributed by atoms with Gasteiger partial charge in [0.25, 0.3) is 5.91 Å². The number of hydrogen-bond donors (Lipinski definition) is 1. The normalized spacial score (nSPS) is 16.8. The Balaban J connectivity index is 2.35. The summed E-state index contributed by atoms with van der Waals surface area (Å²) in [5.41, 5.74) is -1.15. The minimum atomic E-state index is -1.23. The third kappa shape index (κ3) is 5.88. The third-order valence-corrected chi connectivity index (χ3v) is 6.02. The van der Waals surface area contributed by atoms with E-state index in [1.807, 2.05) is 30.3 Å². The fraction of sp³-hybridized carbons (Fsp3) is 0.400. The van der Waals surface area contributed by atoms with Crippen molar-refractivity contribution in [3.8, 4) is 11.1 Å². The number of imide groups is 3. The van der Waals surface area contributed by atoms with Gasteiger partial charge in [0.2, 0.25) is 0 Å². The number of carboxylic acid groups (broad SMARTS) is 1. The van der Waals surface area contributed by atoms with E-state index in [4.69, 9.17) is 9.47 Å². The number of nitrogens with zero attached hydrogens (tertiary/aromatic N) is 2. The number of benzene rings is 2. The number of amides is 4. The number of hydrogen-bond acceptors (Lipinski definition) is 6. The molecule has 1 heterocycles. The van der Waals surface area contributed by atoms with Gasteiger partial charge in [-0.25, -0.2) is 9.59 Å². The Morgan fingerprint density at radius 1 is 0.769 bits per heavy atom. The predicted octanol–water partition coefficient (Wildman–Crippen LogP) is 7.43. The van der Waals surface area contributed by atoms with Gasteiger partial charge >= 0.3 is 18.3 Å². The van der Waals surface area contributed by atoms with Gasteiger partial charge in [-0.15, -0.1) is 4.90 Å². The highest BCUT2D eigenvalue weighted by atomic mass is 16.6. The molecular formula is C30H37N2O7+. The minimum absolute atomic E-state index is 0.134. The van der Waals surface area contributed by atoms with Crippen molar-refractivity contribution in [1.82, 2.24) is 9.38 Å². The van der Waals surface area contributed by atoms with Crippen LogP contribution in [0.4, 0.5) is 20.1 Å². The molecule has 0 aliphatic carbocycles. The van der Waals surface area contributed by atoms with E-state index in [1.54, 1.807) is 74.5 Å². The molecule has 0 saturated heterocycles. The Hall–Kier alpha value is -3.98. The fourth-order valence-electron chi connectivity index (χ4n) is 4.39. The van der Waals surface area contributed by atoms with Crippen LogP contribution < -0.4 is 4.48 Å². The van der Waals surface area contributed by atoms with Gasteiger partial charge in [-0.1, -0.05) is 30.3 Å². The van der Waals surface area contributed by atoms with E-state index >= 15 is 0 Å². The summed E-state index contributed by atoms with van der Waals surface area (Å²) in [5, 5.41) is 10.5. The second kappa shape index (κ2) is 9.96. The molecule has 3 rings (SSSR count). The lowest BCUT2D eigenvalue weighted by atomic mass is 9.94. The lowest BCUT2D eigenvalue weighted by molar-refractivity contribution is 0.00397. The van der Waals surface area contributed by atoms with Gasteiger partial charge in [-0.2, -0.15) is 9.28 Å². The Kier molecular flexibility index (Phi) is 7.55. The van der Waals surface area contributed by atoms with Crippen molar-refractivity contribution in [2.45, 2.75) is 79.1 Å². The average molecular weight is 538 g/mol. The summed E-state index contributed by atoms with van der Waals surface area (Å²) in [6.07, 6.45) is -0.529. The van der Waals surface area contributed by atoms with Gasteiger partial charge in [0.05, 0.1) is 0 Å². The van der Waals surface area contributed by atoms with Crippen LogP contribution in [0.2, 0.25) is 0 Å². The Morgan fingerprint density at radius 2 is 1.28 bits per heavy atom. The third-order valence-electron chi connectivity index (χ3n) is 6.02. The maximum absolute atomic E-state index is 14.3. The number of carbonyl (C=O) groups excluding carboxylic acids is 3. The lowest BCUT2D eigenvalue weighted by Crippen LogP contribution is -2.61. The number of quaternary nitrogens is 1. The smallest absolute Gasteiger partial charge is 0.443 e. The van der Waals surface area contributed by atoms with Crippen molar-refractivity contribution in [2.24, 2.45) is 0 Å². The predicted molar refractivity (Wildman–Crippen MR) is 149 cm³/mol. The number of carbonyl (C=O) groups is 4. The summed E-state index contributed by atoms with van der Waals surface area (Å²) >= 11 is 0. The second-order valence-corrected chi connectivity index (χ2v) is 12.4. The van der Waals surface area contributed by atoms with Gasteiger partial charge in [-0.3, -0.25) is 4.79 Å². The Labute approximate surface area is 229 Å². The highest BCUT2D eigenvalue weighted by Crippen LogP contribution is 2.47. The van der Waals surface area contributed by atoms with Gasteiger partial charge in [0.1, 0.15) is 28.5 Å². The first-order valence-corrected chi connectivity index (χ1v) is 12.6. The van der Waals surface area contributed by atoms with Crippen LogP contribution in [-0.2, 0) is 9.47 Å². The van der Waals surface area contributed by atoms with E-state index < -0.39 is 45.4 Å². The number of ether oxygens (including phenoxy) is 2. The zero-order valence-electron chi connectivity index (χ0n) is 24.0. The first-order valence-electron chi connectivity index (χ1n) is 12.6. The highest BCUT2D eigenvalue weighted by molar-refractivity contribution is 6.17. The van der Waals surface area contributed by atoms with Gasteiger partial charge in [-0.05, 0) is 85.6 Å². The summed E-state index contributed by atoms with van der Waals surface area (Å²) in [6.45, 7) is 14.8. The van der Waals surface area contributed by atoms with Gasteiger partial charge in [0, 0.05) is 11.6 Å². The van der Waals surface area contributed by atoms with Gasteiger partial charge in [0.15, 0.2) is 5.69 Å². The topological polar surface area (TPSA) is 110 Å². The van der Waals surface area contributed by atoms with Crippen molar-refractivity contribution < 1.29 is 33.8 Å². The molecule has 9 heteroatoms. The van der Waals surface area contributed by atoms with Crippen LogP contribution in [0.1, 0.15) is 78.2 Å². The standard InChI is InChI=1S/C30H36N2O7/c1-28(2,3)32(27(36)37)16-15-20-17-21(19-13-11-10-12-14-19)18-22(23(20)32)24(33)31(25(34)38-29(4,5)6)26(35)39-30(7,8)9/h10-18H,1-9H3/p+1. The molecule has 2 aromatic carbocycles. The molecule has 4 amide bonds. The van der Waals surface area contributed by atoms with Crippen LogP contribution in [-0.4, -0.2) is 50.9 Å². The zero-order valence-corrected chi connectivity index (χ0v) is 24.0. The molecule has 0 fully saturated rings. The van der Waals surface area contributed by atoms with Crippen LogP contribution in [0.5, 0.6) is 0 Å². The lowest BCUT2D eigenvalue weighted by Gasteiger charge is -2.39. The SMILES string of the molecule is CC(C)(C)OC(=O)N(C(=O)OC(C)(C)C)C(=O)c1cc(-c2ccccc2)cc2c1[N+](C(=O)O)(C(C)(C)C)C=C2. The average Bonchev–Trinajstić information content (AvgIpc) is 3.17. The first-order chi connectivity index (χ1) is 17.8. The van der Waals surface area contributed by atoms with Crippen LogP contribution in [0, 0.1) is 0 Å². The molecule has 1 atom stereocenters. The molecule has 39 heavy (non-hydrogen) atoms. The molecule has 208 valence electrons. The van der Waals surface area contributed by atoms with E-state index in [-0.39, 0.29) is 11.3 Å². The number of rotatable bonds is 2. The summed E-state index contributed by atoms with van der Waals surface area (Å²) in [4.78, 5) is 54.1. The molecule has 1 aliphatic rings. The molecule has 0 saturated carbocycles. The van der Waals surface area contributed by atoms with E-state index in [2.05, 4.69) is 0 Å². The van der Waals surface area contributed by atoms with E-state index in [0.29, 0.717) is 16.0 Å². The highest BCUT2D eigenvalue weighted by Gasteiger charge is 2.55. The van der Waals surface area contributed by atoms with Crippen LogP contribution in [0.15, 0.2) is 48.7 Å². The first kappa shape index (κ1) is 29.6. The number of fused-ring (bicyclic) bond motifs is 1. The molecule has 0 radical (unpaired) electrons. The molecule has 0 bridgehead atoms. The minimum Gasteiger partial charge on any atom is -0.443 e. The van der Waals surface area contributed by atoms with Crippen molar-refractivity contribution >= 4 is 36.0 Å². The van der Waals surface area contributed by atoms with E-state index in [0.717, 1.165) is 5.56 Å². The van der Waals surface area contributed by atoms with Crippen LogP contribution in [0.25, 0.3) is 17.2 Å². The molecule has 0 aromatic heterocycles. The zero-order chi connectivity index (χ0) is 29.6.